The Balaban J connectivity index is 1.51. The Morgan fingerprint density at radius 1 is 1.02 bits per heavy atom. The predicted molar refractivity (Wildman–Crippen MR) is 145 cm³/mol. The first-order chi connectivity index (χ1) is 20.2. The molecule has 43 heavy (non-hydrogen) atoms. The lowest BCUT2D eigenvalue weighted by Crippen LogP contribution is -2.32. The lowest BCUT2D eigenvalue weighted by molar-refractivity contribution is -0.198. The molecule has 14 heteroatoms. The number of aliphatic carboxylic acids is 1. The van der Waals surface area contributed by atoms with E-state index in [0.29, 0.717) is 48.1 Å². The zero-order chi connectivity index (χ0) is 31.4. The maximum absolute atomic E-state index is 14.1. The molecule has 230 valence electrons. The Kier molecular flexibility index (Phi) is 9.48. The molecule has 1 aromatic heterocycles. The van der Waals surface area contributed by atoms with Crippen LogP contribution in [0.15, 0.2) is 60.7 Å². The number of halogens is 6. The van der Waals surface area contributed by atoms with Crippen molar-refractivity contribution in [2.24, 2.45) is 11.7 Å². The van der Waals surface area contributed by atoms with Gasteiger partial charge < -0.3 is 26.0 Å². The van der Waals surface area contributed by atoms with E-state index >= 15 is 0 Å². The van der Waals surface area contributed by atoms with Crippen molar-refractivity contribution in [1.29, 1.82) is 0 Å². The molecular weight excluding hydrogens is 582 g/mol. The van der Waals surface area contributed by atoms with Crippen LogP contribution in [0.3, 0.4) is 0 Å². The molecule has 4 rings (SSSR count). The molecule has 3 aromatic rings. The fourth-order valence-electron chi connectivity index (χ4n) is 4.69. The Morgan fingerprint density at radius 2 is 1.74 bits per heavy atom. The maximum atomic E-state index is 14.1. The number of carboxylic acids is 1. The van der Waals surface area contributed by atoms with Crippen LogP contribution in [-0.4, -0.2) is 46.0 Å². The average Bonchev–Trinajstić information content (AvgIpc) is 2.94. The van der Waals surface area contributed by atoms with E-state index in [1.165, 1.54) is 48.5 Å². The van der Waals surface area contributed by atoms with Crippen LogP contribution in [-0.2, 0) is 4.79 Å². The number of alkyl halides is 6. The zero-order valence-corrected chi connectivity index (χ0v) is 22.5. The number of carboxylic acid groups (broad SMARTS) is 1. The Labute approximate surface area is 242 Å². The van der Waals surface area contributed by atoms with Crippen LogP contribution in [0.1, 0.15) is 43.0 Å². The van der Waals surface area contributed by atoms with Gasteiger partial charge in [-0.1, -0.05) is 42.5 Å². The number of allylic oxidation sites excluding steroid dienone is 2. The highest BCUT2D eigenvalue weighted by atomic mass is 19.4. The standard InChI is InChI=1S/C29H28F6N4O4/c30-28(31,32)15-42-21-3-1-2-20(13-21)17-8-10-19(11-9-17)25(29(33,34)35)43-24-14-23(38-27(37)39-24)18-6-4-16(5-7-18)12-22(36)26(40)41/h1-3,6,8-11,13-14,16,22,25H,4-5,7,12,15,36H2,(H,40,41)(H2,37,38,39). The van der Waals surface area contributed by atoms with Crippen LogP contribution >= 0.6 is 0 Å². The largest absolute Gasteiger partial charge is 0.484 e. The number of nitrogens with two attached hydrogens (primary N) is 2. The third-order valence-electron chi connectivity index (χ3n) is 6.79. The van der Waals surface area contributed by atoms with Gasteiger partial charge in [0.2, 0.25) is 17.9 Å². The first kappa shape index (κ1) is 31.6. The number of anilines is 1. The summed E-state index contributed by atoms with van der Waals surface area (Å²) in [6, 6.07) is 11.2. The van der Waals surface area contributed by atoms with E-state index in [-0.39, 0.29) is 29.1 Å². The van der Waals surface area contributed by atoms with Crippen LogP contribution in [0, 0.1) is 5.92 Å². The predicted octanol–water partition coefficient (Wildman–Crippen LogP) is 6.33. The van der Waals surface area contributed by atoms with E-state index in [4.69, 9.17) is 26.0 Å². The minimum absolute atomic E-state index is 0.0391. The topological polar surface area (TPSA) is 134 Å². The minimum Gasteiger partial charge on any atom is -0.484 e. The number of carbonyl (C=O) groups is 1. The number of benzene rings is 2. The first-order valence-electron chi connectivity index (χ1n) is 13.1. The number of aromatic nitrogens is 2. The molecule has 0 spiro atoms. The second-order valence-corrected chi connectivity index (χ2v) is 10.1. The molecule has 0 radical (unpaired) electrons. The molecule has 3 atom stereocenters. The summed E-state index contributed by atoms with van der Waals surface area (Å²) in [5, 5.41) is 9.03. The van der Waals surface area contributed by atoms with Crippen LogP contribution in [0.4, 0.5) is 32.3 Å². The second kappa shape index (κ2) is 12.9. The normalized spacial score (nSPS) is 17.1. The van der Waals surface area contributed by atoms with Gasteiger partial charge in [0.15, 0.2) is 6.61 Å². The Hall–Kier alpha value is -4.33. The highest BCUT2D eigenvalue weighted by Gasteiger charge is 2.43. The van der Waals surface area contributed by atoms with Crippen molar-refractivity contribution >= 4 is 17.5 Å². The molecule has 0 saturated heterocycles. The molecule has 5 N–H and O–H groups in total. The SMILES string of the molecule is Nc1nc(OC(c2ccc(-c3cccc(OCC(F)(F)F)c3)cc2)C(F)(F)F)cc(C2=CCC(CC(N)C(=O)O)CC2)n1. The maximum Gasteiger partial charge on any atom is 0.429 e. The lowest BCUT2D eigenvalue weighted by Gasteiger charge is -2.24. The summed E-state index contributed by atoms with van der Waals surface area (Å²) in [7, 11) is 0. The summed E-state index contributed by atoms with van der Waals surface area (Å²) in [4.78, 5) is 19.0. The molecule has 0 aliphatic heterocycles. The van der Waals surface area contributed by atoms with Gasteiger partial charge in [-0.05, 0) is 60.4 Å². The van der Waals surface area contributed by atoms with Crippen LogP contribution < -0.4 is 20.9 Å². The zero-order valence-electron chi connectivity index (χ0n) is 22.5. The van der Waals surface area contributed by atoms with Crippen LogP contribution in [0.2, 0.25) is 0 Å². The van der Waals surface area contributed by atoms with Crippen molar-refractivity contribution in [3.8, 4) is 22.8 Å². The van der Waals surface area contributed by atoms with Crippen molar-refractivity contribution in [2.75, 3.05) is 12.3 Å². The van der Waals surface area contributed by atoms with E-state index in [1.807, 2.05) is 6.08 Å². The minimum atomic E-state index is -4.84. The first-order valence-corrected chi connectivity index (χ1v) is 13.1. The molecule has 0 amide bonds. The Bertz CT molecular complexity index is 1460. The van der Waals surface area contributed by atoms with Crippen LogP contribution in [0.25, 0.3) is 16.7 Å². The number of ether oxygens (including phenoxy) is 2. The van der Waals surface area contributed by atoms with Crippen molar-refractivity contribution in [2.45, 2.75) is 50.2 Å². The van der Waals surface area contributed by atoms with Gasteiger partial charge in [0.1, 0.15) is 11.8 Å². The molecular formula is C29H28F6N4O4. The summed E-state index contributed by atoms with van der Waals surface area (Å²) >= 11 is 0. The molecule has 3 unspecified atom stereocenters. The summed E-state index contributed by atoms with van der Waals surface area (Å²) in [6.07, 6.45) is -8.03. The van der Waals surface area contributed by atoms with Gasteiger partial charge in [-0.25, -0.2) is 4.98 Å². The number of nitrogen functional groups attached to an aromatic ring is 1. The van der Waals surface area contributed by atoms with Gasteiger partial charge in [0.25, 0.3) is 0 Å². The fraction of sp³-hybridized carbons (Fsp3) is 0.345. The third kappa shape index (κ3) is 8.83. The van der Waals surface area contributed by atoms with Crippen molar-refractivity contribution < 1.29 is 45.7 Å². The van der Waals surface area contributed by atoms with Gasteiger partial charge >= 0.3 is 18.3 Å². The summed E-state index contributed by atoms with van der Waals surface area (Å²) in [5.74, 6) is -1.76. The molecule has 0 fully saturated rings. The third-order valence-corrected chi connectivity index (χ3v) is 6.79. The smallest absolute Gasteiger partial charge is 0.429 e. The van der Waals surface area contributed by atoms with E-state index in [1.54, 1.807) is 6.07 Å². The van der Waals surface area contributed by atoms with E-state index in [2.05, 4.69) is 9.97 Å². The summed E-state index contributed by atoms with van der Waals surface area (Å²) < 4.78 is 89.9. The highest BCUT2D eigenvalue weighted by Crippen LogP contribution is 2.39. The molecule has 1 heterocycles. The van der Waals surface area contributed by atoms with E-state index in [0.717, 1.165) is 0 Å². The van der Waals surface area contributed by atoms with Gasteiger partial charge in [-0.2, -0.15) is 31.3 Å². The lowest BCUT2D eigenvalue weighted by atomic mass is 9.84. The fourth-order valence-corrected chi connectivity index (χ4v) is 4.69. The molecule has 1 aliphatic carbocycles. The molecule has 8 nitrogen and oxygen atoms in total. The van der Waals surface area contributed by atoms with Gasteiger partial charge in [0.05, 0.1) is 5.69 Å². The van der Waals surface area contributed by atoms with Crippen molar-refractivity contribution in [3.05, 3.63) is 71.9 Å². The van der Waals surface area contributed by atoms with Crippen molar-refractivity contribution in [1.82, 2.24) is 9.97 Å². The summed E-state index contributed by atoms with van der Waals surface area (Å²) in [5.41, 5.74) is 13.1. The molecule has 0 saturated carbocycles. The summed E-state index contributed by atoms with van der Waals surface area (Å²) in [6.45, 7) is -1.48. The number of hydrogen-bond acceptors (Lipinski definition) is 7. The highest BCUT2D eigenvalue weighted by molar-refractivity contribution is 5.73. The van der Waals surface area contributed by atoms with Gasteiger partial charge in [-0.3, -0.25) is 4.79 Å². The second-order valence-electron chi connectivity index (χ2n) is 10.1. The molecule has 1 aliphatic rings. The van der Waals surface area contributed by atoms with Gasteiger partial charge in [-0.15, -0.1) is 0 Å². The molecule has 0 bridgehead atoms. The van der Waals surface area contributed by atoms with Gasteiger partial charge in [0, 0.05) is 11.6 Å². The quantitative estimate of drug-likeness (QED) is 0.227. The molecule has 2 aromatic carbocycles. The van der Waals surface area contributed by atoms with Crippen LogP contribution in [0.5, 0.6) is 11.6 Å². The number of hydrogen-bond donors (Lipinski definition) is 3. The number of rotatable bonds is 10. The van der Waals surface area contributed by atoms with E-state index < -0.39 is 37.1 Å². The van der Waals surface area contributed by atoms with E-state index in [9.17, 15) is 31.1 Å². The van der Waals surface area contributed by atoms with Crippen molar-refractivity contribution in [3.63, 3.8) is 0 Å². The average molecular weight is 611 g/mol. The Morgan fingerprint density at radius 3 is 2.35 bits per heavy atom. The number of nitrogens with zero attached hydrogens (tertiary/aromatic N) is 2. The monoisotopic (exact) mass is 610 g/mol.